The van der Waals surface area contributed by atoms with Crippen LogP contribution in [-0.4, -0.2) is 36.6 Å². The van der Waals surface area contributed by atoms with Crippen molar-refractivity contribution < 1.29 is 27.9 Å². The average Bonchev–Trinajstić information content (AvgIpc) is 2.86. The first-order valence-corrected chi connectivity index (χ1v) is 6.69. The van der Waals surface area contributed by atoms with Crippen LogP contribution in [0, 0.1) is 5.92 Å². The first-order chi connectivity index (χ1) is 10.3. The van der Waals surface area contributed by atoms with Gasteiger partial charge in [-0.15, -0.1) is 0 Å². The van der Waals surface area contributed by atoms with Crippen molar-refractivity contribution in [3.63, 3.8) is 0 Å². The molecule has 2 amide bonds. The van der Waals surface area contributed by atoms with E-state index in [2.05, 4.69) is 5.32 Å². The van der Waals surface area contributed by atoms with Gasteiger partial charge < -0.3 is 15.3 Å². The second kappa shape index (κ2) is 6.35. The Bertz CT molecular complexity index is 575. The van der Waals surface area contributed by atoms with Gasteiger partial charge >= 0.3 is 6.18 Å². The molecule has 0 saturated carbocycles. The number of nitrogens with zero attached hydrogens (tertiary/aromatic N) is 1. The third-order valence-electron chi connectivity index (χ3n) is 3.39. The summed E-state index contributed by atoms with van der Waals surface area (Å²) in [6, 6.07) is 4.45. The fraction of sp³-hybridized carbons (Fsp3) is 0.429. The van der Waals surface area contributed by atoms with Crippen molar-refractivity contribution in [2.45, 2.75) is 12.6 Å². The maximum Gasteiger partial charge on any atom is 0.416 e. The fourth-order valence-corrected chi connectivity index (χ4v) is 2.31. The summed E-state index contributed by atoms with van der Waals surface area (Å²) in [5.41, 5.74) is -0.719. The van der Waals surface area contributed by atoms with Crippen molar-refractivity contribution in [3.8, 4) is 0 Å². The van der Waals surface area contributed by atoms with E-state index >= 15 is 0 Å². The molecule has 1 aliphatic heterocycles. The van der Waals surface area contributed by atoms with Gasteiger partial charge in [0.15, 0.2) is 0 Å². The number of benzene rings is 1. The van der Waals surface area contributed by atoms with Gasteiger partial charge in [0.2, 0.25) is 11.8 Å². The average molecular weight is 316 g/mol. The highest BCUT2D eigenvalue weighted by molar-refractivity contribution is 6.00. The fourth-order valence-electron chi connectivity index (χ4n) is 2.31. The zero-order valence-corrected chi connectivity index (χ0v) is 11.6. The topological polar surface area (TPSA) is 69.6 Å². The molecule has 2 N–H and O–H groups in total. The van der Waals surface area contributed by atoms with Gasteiger partial charge in [0, 0.05) is 25.2 Å². The maximum atomic E-state index is 12.7. The van der Waals surface area contributed by atoms with Crippen molar-refractivity contribution in [2.75, 3.05) is 24.6 Å². The highest BCUT2D eigenvalue weighted by atomic mass is 19.4. The minimum atomic E-state index is -4.49. The molecule has 0 aromatic heterocycles. The smallest absolute Gasteiger partial charge is 0.395 e. The summed E-state index contributed by atoms with van der Waals surface area (Å²) in [6.45, 7) is -0.117. The molecule has 1 aromatic rings. The lowest BCUT2D eigenvalue weighted by molar-refractivity contribution is -0.137. The molecule has 0 spiro atoms. The zero-order chi connectivity index (χ0) is 16.3. The van der Waals surface area contributed by atoms with E-state index in [1.165, 1.54) is 17.0 Å². The molecule has 1 fully saturated rings. The van der Waals surface area contributed by atoms with Crippen LogP contribution < -0.4 is 10.2 Å². The van der Waals surface area contributed by atoms with Gasteiger partial charge in [-0.1, -0.05) is 6.07 Å². The number of hydrogen-bond acceptors (Lipinski definition) is 3. The van der Waals surface area contributed by atoms with Gasteiger partial charge in [0.1, 0.15) is 0 Å². The van der Waals surface area contributed by atoms with E-state index in [1.807, 2.05) is 0 Å². The molecule has 1 heterocycles. The number of alkyl halides is 3. The predicted octanol–water partition coefficient (Wildman–Crippen LogP) is 1.17. The Morgan fingerprint density at radius 1 is 1.41 bits per heavy atom. The zero-order valence-electron chi connectivity index (χ0n) is 11.6. The van der Waals surface area contributed by atoms with Crippen LogP contribution in [0.4, 0.5) is 18.9 Å². The van der Waals surface area contributed by atoms with E-state index < -0.39 is 29.5 Å². The second-order valence-corrected chi connectivity index (χ2v) is 4.97. The van der Waals surface area contributed by atoms with Crippen LogP contribution in [0.2, 0.25) is 0 Å². The maximum absolute atomic E-state index is 12.7. The molecule has 0 aliphatic carbocycles. The molecule has 1 aliphatic rings. The summed E-state index contributed by atoms with van der Waals surface area (Å²) in [6.07, 6.45) is -4.55. The molecule has 5 nitrogen and oxygen atoms in total. The number of anilines is 1. The Morgan fingerprint density at radius 3 is 2.77 bits per heavy atom. The molecule has 22 heavy (non-hydrogen) atoms. The number of carbonyl (C=O) groups excluding carboxylic acids is 2. The van der Waals surface area contributed by atoms with E-state index in [0.717, 1.165) is 12.1 Å². The van der Waals surface area contributed by atoms with Crippen molar-refractivity contribution in [1.29, 1.82) is 0 Å². The van der Waals surface area contributed by atoms with Crippen LogP contribution >= 0.6 is 0 Å². The molecule has 1 atom stereocenters. The van der Waals surface area contributed by atoms with Crippen molar-refractivity contribution >= 4 is 17.5 Å². The van der Waals surface area contributed by atoms with Gasteiger partial charge in [0.25, 0.3) is 0 Å². The lowest BCUT2D eigenvalue weighted by Gasteiger charge is -2.18. The monoisotopic (exact) mass is 316 g/mol. The van der Waals surface area contributed by atoms with Crippen molar-refractivity contribution in [3.05, 3.63) is 29.8 Å². The lowest BCUT2D eigenvalue weighted by atomic mass is 10.1. The van der Waals surface area contributed by atoms with Crippen molar-refractivity contribution in [2.24, 2.45) is 5.92 Å². The van der Waals surface area contributed by atoms with Crippen LogP contribution in [0.1, 0.15) is 12.0 Å². The molecular formula is C14H15F3N2O3. The number of aliphatic hydroxyl groups excluding tert-OH is 1. The lowest BCUT2D eigenvalue weighted by Crippen LogP contribution is -2.34. The van der Waals surface area contributed by atoms with Crippen LogP contribution in [0.15, 0.2) is 24.3 Å². The summed E-state index contributed by atoms with van der Waals surface area (Å²) in [5.74, 6) is -1.42. The van der Waals surface area contributed by atoms with Gasteiger partial charge in [0.05, 0.1) is 18.1 Å². The standard InChI is InChI=1S/C14H15F3N2O3/c15-14(16,17)10-2-1-3-11(7-10)19-8-9(6-12(19)21)13(22)18-4-5-20/h1-3,7,9,20H,4-6,8H2,(H,18,22)/t9-/m1/s1. The number of amides is 2. The molecular weight excluding hydrogens is 301 g/mol. The summed E-state index contributed by atoms with van der Waals surface area (Å²) >= 11 is 0. The van der Waals surface area contributed by atoms with Crippen molar-refractivity contribution in [1.82, 2.24) is 5.32 Å². The molecule has 2 rings (SSSR count). The van der Waals surface area contributed by atoms with Crippen LogP contribution in [0.25, 0.3) is 0 Å². The molecule has 0 bridgehead atoms. The van der Waals surface area contributed by atoms with Gasteiger partial charge in [-0.25, -0.2) is 0 Å². The third kappa shape index (κ3) is 3.56. The summed E-state index contributed by atoms with van der Waals surface area (Å²) in [4.78, 5) is 24.9. The minimum Gasteiger partial charge on any atom is -0.395 e. The van der Waals surface area contributed by atoms with Gasteiger partial charge in [-0.3, -0.25) is 9.59 Å². The normalized spacial score (nSPS) is 18.6. The Kier molecular flexibility index (Phi) is 4.70. The van der Waals surface area contributed by atoms with E-state index in [9.17, 15) is 22.8 Å². The predicted molar refractivity (Wildman–Crippen MR) is 72.0 cm³/mol. The number of carbonyl (C=O) groups is 2. The Labute approximate surface area is 124 Å². The highest BCUT2D eigenvalue weighted by Crippen LogP contribution is 2.33. The first kappa shape index (κ1) is 16.3. The highest BCUT2D eigenvalue weighted by Gasteiger charge is 2.36. The number of aliphatic hydroxyl groups is 1. The summed E-state index contributed by atoms with van der Waals surface area (Å²) in [7, 11) is 0. The quantitative estimate of drug-likeness (QED) is 0.876. The molecule has 0 radical (unpaired) electrons. The van der Waals surface area contributed by atoms with Gasteiger partial charge in [-0.2, -0.15) is 13.2 Å². The molecule has 1 saturated heterocycles. The number of halogens is 3. The van der Waals surface area contributed by atoms with E-state index in [-0.39, 0.29) is 31.8 Å². The first-order valence-electron chi connectivity index (χ1n) is 6.69. The Hall–Kier alpha value is -2.09. The molecule has 8 heteroatoms. The van der Waals surface area contributed by atoms with Gasteiger partial charge in [-0.05, 0) is 18.2 Å². The molecule has 0 unspecified atom stereocenters. The van der Waals surface area contributed by atoms with E-state index in [0.29, 0.717) is 0 Å². The number of rotatable bonds is 4. The number of hydrogen-bond donors (Lipinski definition) is 2. The Balaban J connectivity index is 2.13. The van der Waals surface area contributed by atoms with Crippen LogP contribution in [0.3, 0.4) is 0 Å². The summed E-state index contributed by atoms with van der Waals surface area (Å²) < 4.78 is 38.1. The van der Waals surface area contributed by atoms with Crippen LogP contribution in [0.5, 0.6) is 0 Å². The minimum absolute atomic E-state index is 0.0252. The van der Waals surface area contributed by atoms with E-state index in [1.54, 1.807) is 0 Å². The number of nitrogens with one attached hydrogen (secondary N) is 1. The molecule has 1 aromatic carbocycles. The SMILES string of the molecule is O=C(NCCO)[C@@H]1CC(=O)N(c2cccc(C(F)(F)F)c2)C1. The van der Waals surface area contributed by atoms with E-state index in [4.69, 9.17) is 5.11 Å². The largest absolute Gasteiger partial charge is 0.416 e. The summed E-state index contributed by atoms with van der Waals surface area (Å²) in [5, 5.41) is 11.1. The molecule has 120 valence electrons. The third-order valence-corrected chi connectivity index (χ3v) is 3.39. The second-order valence-electron chi connectivity index (χ2n) is 4.97. The van der Waals surface area contributed by atoms with Crippen LogP contribution in [-0.2, 0) is 15.8 Å². The Morgan fingerprint density at radius 2 is 2.14 bits per heavy atom.